The van der Waals surface area contributed by atoms with Gasteiger partial charge in [0.05, 0.1) is 0 Å². The molecule has 0 amide bonds. The molecule has 15 heavy (non-hydrogen) atoms. The van der Waals surface area contributed by atoms with E-state index in [2.05, 4.69) is 11.6 Å². The first-order valence-electron chi connectivity index (χ1n) is 4.08. The zero-order chi connectivity index (χ0) is 11.0. The van der Waals surface area contributed by atoms with Crippen LogP contribution in [0.25, 0.3) is 0 Å². The monoisotopic (exact) mass is 294 g/mol. The predicted molar refractivity (Wildman–Crippen MR) is 59.1 cm³/mol. The summed E-state index contributed by atoms with van der Waals surface area (Å²) >= 11 is 1.36. The number of hydrogen-bond donors (Lipinski definition) is 3. The van der Waals surface area contributed by atoms with Crippen LogP contribution in [-0.4, -0.2) is 28.5 Å². The minimum atomic E-state index is -0.900. The minimum absolute atomic E-state index is 0. The molecule has 0 aromatic rings. The lowest BCUT2D eigenvalue weighted by molar-refractivity contribution is -0.442. The maximum atomic E-state index is 10.4. The number of carbonyl (C=O) groups is 1. The van der Waals surface area contributed by atoms with E-state index in [9.17, 15) is 4.79 Å². The molecule has 0 spiro atoms. The standard InChI is InChI=1S/C9H14N2O2S.BrH/c1-3-5-11-9(10)14-6-4-7(2)8(12)13;/h3-4H,1,5-6H2,2H3,(H2,10,11)(H,12,13);1H. The zero-order valence-corrected chi connectivity index (χ0v) is 10.9. The summed E-state index contributed by atoms with van der Waals surface area (Å²) < 4.78 is 0. The van der Waals surface area contributed by atoms with Gasteiger partial charge in [0.25, 0.3) is 0 Å². The molecule has 4 nitrogen and oxygen atoms in total. The number of nitrogens with two attached hydrogens (primary N) is 1. The Labute approximate surface area is 104 Å². The summed E-state index contributed by atoms with van der Waals surface area (Å²) in [6, 6.07) is 0. The van der Waals surface area contributed by atoms with Gasteiger partial charge in [0.15, 0.2) is 0 Å². The highest BCUT2D eigenvalue weighted by atomic mass is 79.9. The Balaban J connectivity index is 0. The lowest BCUT2D eigenvalue weighted by atomic mass is 10.3. The molecule has 0 aromatic heterocycles. The van der Waals surface area contributed by atoms with Crippen molar-refractivity contribution in [3.63, 3.8) is 0 Å². The maximum Gasteiger partial charge on any atom is 0.330 e. The van der Waals surface area contributed by atoms with Crippen molar-refractivity contribution in [1.29, 1.82) is 0 Å². The van der Waals surface area contributed by atoms with Gasteiger partial charge in [-0.1, -0.05) is 18.7 Å². The van der Waals surface area contributed by atoms with Crippen LogP contribution in [-0.2, 0) is 4.79 Å². The van der Waals surface area contributed by atoms with Gasteiger partial charge in [0.1, 0.15) is 6.54 Å². The molecular formula is C9H15BrN2O2S. The molecule has 0 aliphatic carbocycles. The second kappa shape index (κ2) is 9.79. The number of amidine groups is 1. The van der Waals surface area contributed by atoms with Gasteiger partial charge in [-0.05, 0) is 18.7 Å². The first-order chi connectivity index (χ1) is 6.57. The average Bonchev–Trinajstić information content (AvgIpc) is 2.14. The van der Waals surface area contributed by atoms with Crippen LogP contribution in [0.2, 0.25) is 0 Å². The third-order valence-corrected chi connectivity index (χ3v) is 2.18. The molecule has 0 unspecified atom stereocenters. The first kappa shape index (κ1) is 16.7. The van der Waals surface area contributed by atoms with Crippen LogP contribution in [0.3, 0.4) is 0 Å². The third kappa shape index (κ3) is 9.55. The molecule has 4 N–H and O–H groups in total. The molecule has 0 aliphatic heterocycles. The molecule has 0 heterocycles. The Kier molecular flexibility index (Phi) is 10.9. The number of nitrogens with one attached hydrogen (secondary N) is 1. The van der Waals surface area contributed by atoms with E-state index in [-0.39, 0.29) is 17.0 Å². The summed E-state index contributed by atoms with van der Waals surface area (Å²) in [7, 11) is 0. The quantitative estimate of drug-likeness (QED) is 0.211. The zero-order valence-electron chi connectivity index (χ0n) is 8.50. The van der Waals surface area contributed by atoms with E-state index in [0.29, 0.717) is 23.0 Å². The molecule has 0 rings (SSSR count). The van der Waals surface area contributed by atoms with Gasteiger partial charge in [-0.25, -0.2) is 4.79 Å². The van der Waals surface area contributed by atoms with Crippen molar-refractivity contribution in [2.75, 3.05) is 12.3 Å². The second-order valence-electron chi connectivity index (χ2n) is 2.54. The SMILES string of the molecule is C=CC[NH+]=C(N)SCC=C(C)C(=O)O.[Br-]. The number of rotatable bonds is 5. The molecule has 0 aliphatic rings. The van der Waals surface area contributed by atoms with Gasteiger partial charge in [-0.3, -0.25) is 10.7 Å². The summed E-state index contributed by atoms with van der Waals surface area (Å²) in [5.41, 5.74) is 5.89. The molecular weight excluding hydrogens is 280 g/mol. The molecule has 0 bridgehead atoms. The summed E-state index contributed by atoms with van der Waals surface area (Å²) in [6.45, 7) is 5.70. The lowest BCUT2D eigenvalue weighted by Crippen LogP contribution is -3.00. The summed E-state index contributed by atoms with van der Waals surface area (Å²) in [6.07, 6.45) is 3.32. The van der Waals surface area contributed by atoms with Crippen molar-refractivity contribution < 1.29 is 31.9 Å². The van der Waals surface area contributed by atoms with Crippen molar-refractivity contribution in [3.8, 4) is 0 Å². The Morgan fingerprint density at radius 2 is 2.27 bits per heavy atom. The van der Waals surface area contributed by atoms with Gasteiger partial charge < -0.3 is 22.1 Å². The highest BCUT2D eigenvalue weighted by Gasteiger charge is 2.00. The van der Waals surface area contributed by atoms with Gasteiger partial charge in [-0.2, -0.15) is 0 Å². The van der Waals surface area contributed by atoms with E-state index < -0.39 is 5.97 Å². The van der Waals surface area contributed by atoms with E-state index in [1.165, 1.54) is 11.8 Å². The van der Waals surface area contributed by atoms with E-state index in [4.69, 9.17) is 10.8 Å². The van der Waals surface area contributed by atoms with Crippen LogP contribution < -0.4 is 27.7 Å². The van der Waals surface area contributed by atoms with Crippen molar-refractivity contribution in [3.05, 3.63) is 24.3 Å². The number of carboxylic acid groups (broad SMARTS) is 1. The number of hydrogen-bond acceptors (Lipinski definition) is 2. The molecule has 0 atom stereocenters. The largest absolute Gasteiger partial charge is 1.00 e. The normalized spacial score (nSPS) is 11.8. The van der Waals surface area contributed by atoms with Crippen molar-refractivity contribution in [2.45, 2.75) is 6.92 Å². The highest BCUT2D eigenvalue weighted by molar-refractivity contribution is 8.13. The van der Waals surface area contributed by atoms with Gasteiger partial charge in [0, 0.05) is 11.3 Å². The van der Waals surface area contributed by atoms with Crippen molar-refractivity contribution in [2.24, 2.45) is 5.73 Å². The fourth-order valence-electron chi connectivity index (χ4n) is 0.568. The third-order valence-electron chi connectivity index (χ3n) is 1.39. The van der Waals surface area contributed by atoms with Gasteiger partial charge >= 0.3 is 11.1 Å². The highest BCUT2D eigenvalue weighted by Crippen LogP contribution is 2.00. The number of carboxylic acids is 1. The summed E-state index contributed by atoms with van der Waals surface area (Å²) in [4.78, 5) is 13.3. The molecule has 0 saturated carbocycles. The first-order valence-corrected chi connectivity index (χ1v) is 5.06. The molecule has 0 fully saturated rings. The van der Waals surface area contributed by atoms with Crippen molar-refractivity contribution >= 4 is 22.9 Å². The van der Waals surface area contributed by atoms with E-state index in [0.717, 1.165) is 0 Å². The van der Waals surface area contributed by atoms with Gasteiger partial charge in [-0.15, -0.1) is 0 Å². The maximum absolute atomic E-state index is 10.4. The summed E-state index contributed by atoms with van der Waals surface area (Å²) in [5.74, 6) is -0.350. The molecule has 0 radical (unpaired) electrons. The molecule has 6 heteroatoms. The average molecular weight is 295 g/mol. The fraction of sp³-hybridized carbons (Fsp3) is 0.333. The van der Waals surface area contributed by atoms with Crippen LogP contribution in [0.1, 0.15) is 6.92 Å². The number of halogens is 1. The predicted octanol–water partition coefficient (Wildman–Crippen LogP) is -3.66. The number of aliphatic carboxylic acids is 1. The number of thioether (sulfide) groups is 1. The van der Waals surface area contributed by atoms with Crippen LogP contribution in [0, 0.1) is 0 Å². The van der Waals surface area contributed by atoms with E-state index in [1.807, 2.05) is 0 Å². The topological polar surface area (TPSA) is 77.3 Å². The second-order valence-corrected chi connectivity index (χ2v) is 3.60. The van der Waals surface area contributed by atoms with E-state index >= 15 is 0 Å². The van der Waals surface area contributed by atoms with Crippen LogP contribution in [0.15, 0.2) is 24.3 Å². The lowest BCUT2D eigenvalue weighted by Gasteiger charge is -1.92. The van der Waals surface area contributed by atoms with Crippen molar-refractivity contribution in [1.82, 2.24) is 0 Å². The summed E-state index contributed by atoms with van der Waals surface area (Å²) in [5, 5.41) is 9.11. The molecule has 0 saturated heterocycles. The Morgan fingerprint density at radius 3 is 2.73 bits per heavy atom. The van der Waals surface area contributed by atoms with E-state index in [1.54, 1.807) is 19.1 Å². The smallest absolute Gasteiger partial charge is 0.330 e. The molecule has 0 aromatic carbocycles. The Morgan fingerprint density at radius 1 is 1.67 bits per heavy atom. The fourth-order valence-corrected chi connectivity index (χ4v) is 1.27. The van der Waals surface area contributed by atoms with Crippen LogP contribution in [0.5, 0.6) is 0 Å². The minimum Gasteiger partial charge on any atom is -1.00 e. The molecule has 86 valence electrons. The van der Waals surface area contributed by atoms with Crippen LogP contribution in [0.4, 0.5) is 0 Å². The Bertz CT molecular complexity index is 277. The van der Waals surface area contributed by atoms with Crippen LogP contribution >= 0.6 is 11.8 Å². The van der Waals surface area contributed by atoms with Gasteiger partial charge in [0.2, 0.25) is 0 Å². The Hall–Kier alpha value is -0.750.